The Morgan fingerprint density at radius 3 is 2.22 bits per heavy atom. The number of carbonyl (C=O) groups is 1. The number of amides is 1. The summed E-state index contributed by atoms with van der Waals surface area (Å²) in [4.78, 5) is 30.6. The molecule has 0 unspecified atom stereocenters. The largest absolute Gasteiger partial charge is 0.537 e. The number of benzene rings is 1. The Labute approximate surface area is 190 Å². The summed E-state index contributed by atoms with van der Waals surface area (Å²) < 4.78 is 21.2. The standard InChI is InChI=1S/C24H34FN3O3Si/c1-8-13-28-15-27-21(23(29)26-14-19-9-11-20(25)12-10-19)22(24(28)30)31-32(16(2)3,17(4)5)18(6)7/h8-12,15-18H,1,13-14H2,2-7H3,(H,26,29). The van der Waals surface area contributed by atoms with Gasteiger partial charge in [0, 0.05) is 13.1 Å². The van der Waals surface area contributed by atoms with Crippen molar-refractivity contribution in [3.63, 3.8) is 0 Å². The molecule has 0 saturated carbocycles. The van der Waals surface area contributed by atoms with Crippen LogP contribution >= 0.6 is 0 Å². The van der Waals surface area contributed by atoms with E-state index in [9.17, 15) is 14.0 Å². The second-order valence-corrected chi connectivity index (χ2v) is 14.3. The Morgan fingerprint density at radius 1 is 1.16 bits per heavy atom. The van der Waals surface area contributed by atoms with Crippen LogP contribution in [0.2, 0.25) is 16.6 Å². The number of nitrogens with one attached hydrogen (secondary N) is 1. The summed E-state index contributed by atoms with van der Waals surface area (Å²) >= 11 is 0. The molecule has 1 aromatic heterocycles. The van der Waals surface area contributed by atoms with Gasteiger partial charge in [0.2, 0.25) is 5.75 Å². The third-order valence-electron chi connectivity index (χ3n) is 5.89. The van der Waals surface area contributed by atoms with E-state index < -0.39 is 19.8 Å². The van der Waals surface area contributed by atoms with E-state index in [4.69, 9.17) is 4.43 Å². The van der Waals surface area contributed by atoms with Gasteiger partial charge in [0.15, 0.2) is 5.69 Å². The van der Waals surface area contributed by atoms with Crippen molar-refractivity contribution >= 4 is 14.2 Å². The number of halogens is 1. The van der Waals surface area contributed by atoms with Gasteiger partial charge in [-0.15, -0.1) is 6.58 Å². The minimum atomic E-state index is -2.52. The van der Waals surface area contributed by atoms with Gasteiger partial charge in [0.1, 0.15) is 5.82 Å². The van der Waals surface area contributed by atoms with E-state index in [0.717, 1.165) is 5.56 Å². The van der Waals surface area contributed by atoms with Crippen molar-refractivity contribution in [2.75, 3.05) is 0 Å². The molecule has 0 atom stereocenters. The van der Waals surface area contributed by atoms with Crippen LogP contribution in [0.1, 0.15) is 57.6 Å². The summed E-state index contributed by atoms with van der Waals surface area (Å²) in [5.41, 5.74) is 0.944. The van der Waals surface area contributed by atoms with Crippen molar-refractivity contribution in [2.24, 2.45) is 0 Å². The third kappa shape index (κ3) is 5.35. The van der Waals surface area contributed by atoms with Gasteiger partial charge in [-0.1, -0.05) is 59.8 Å². The molecule has 1 aromatic carbocycles. The van der Waals surface area contributed by atoms with E-state index in [1.807, 2.05) is 0 Å². The molecule has 0 aliphatic carbocycles. The lowest BCUT2D eigenvalue weighted by atomic mass is 10.2. The van der Waals surface area contributed by atoms with Crippen LogP contribution in [0.25, 0.3) is 0 Å². The van der Waals surface area contributed by atoms with E-state index in [1.54, 1.807) is 18.2 Å². The van der Waals surface area contributed by atoms with Gasteiger partial charge in [-0.05, 0) is 34.3 Å². The van der Waals surface area contributed by atoms with Crippen LogP contribution in [0.4, 0.5) is 4.39 Å². The first-order valence-electron chi connectivity index (χ1n) is 11.0. The first kappa shape index (κ1) is 25.5. The summed E-state index contributed by atoms with van der Waals surface area (Å²) in [6, 6.07) is 5.85. The average molecular weight is 460 g/mol. The number of allylic oxidation sites excluding steroid dienone is 1. The molecule has 2 rings (SSSR count). The van der Waals surface area contributed by atoms with Crippen LogP contribution < -0.4 is 15.3 Å². The Morgan fingerprint density at radius 2 is 1.72 bits per heavy atom. The fourth-order valence-electron chi connectivity index (χ4n) is 4.39. The normalized spacial score (nSPS) is 11.8. The van der Waals surface area contributed by atoms with Crippen LogP contribution in [-0.4, -0.2) is 23.8 Å². The molecule has 2 aromatic rings. The number of rotatable bonds is 10. The van der Waals surface area contributed by atoms with E-state index >= 15 is 0 Å². The fraction of sp³-hybridized carbons (Fsp3) is 0.458. The molecule has 32 heavy (non-hydrogen) atoms. The molecule has 1 heterocycles. The van der Waals surface area contributed by atoms with E-state index in [1.165, 1.54) is 23.0 Å². The monoisotopic (exact) mass is 459 g/mol. The molecule has 1 amide bonds. The maximum atomic E-state index is 13.3. The Kier molecular flexibility index (Phi) is 8.55. The Bertz CT molecular complexity index is 979. The molecule has 0 saturated heterocycles. The number of hydrogen-bond donors (Lipinski definition) is 1. The lowest BCUT2D eigenvalue weighted by Gasteiger charge is -2.42. The van der Waals surface area contributed by atoms with Gasteiger partial charge >= 0.3 is 0 Å². The summed E-state index contributed by atoms with van der Waals surface area (Å²) in [5.74, 6) is -0.860. The molecule has 0 bridgehead atoms. The summed E-state index contributed by atoms with van der Waals surface area (Å²) in [5, 5.41) is 2.77. The van der Waals surface area contributed by atoms with Crippen molar-refractivity contribution in [3.8, 4) is 5.75 Å². The van der Waals surface area contributed by atoms with Crippen molar-refractivity contribution < 1.29 is 13.6 Å². The van der Waals surface area contributed by atoms with Gasteiger partial charge in [-0.3, -0.25) is 14.2 Å². The predicted octanol–water partition coefficient (Wildman–Crippen LogP) is 5.05. The fourth-order valence-corrected chi connectivity index (χ4v) is 9.64. The number of carbonyl (C=O) groups excluding carboxylic acids is 1. The SMILES string of the molecule is C=CCn1cnc(C(=O)NCc2ccc(F)cc2)c(O[Si](C(C)C)(C(C)C)C(C)C)c1=O. The number of nitrogens with zero attached hydrogens (tertiary/aromatic N) is 2. The quantitative estimate of drug-likeness (QED) is 0.398. The summed E-state index contributed by atoms with van der Waals surface area (Å²) in [6.45, 7) is 16.8. The van der Waals surface area contributed by atoms with E-state index in [0.29, 0.717) is 0 Å². The van der Waals surface area contributed by atoms with Crippen LogP contribution in [0.3, 0.4) is 0 Å². The second kappa shape index (κ2) is 10.7. The molecule has 0 aliphatic heterocycles. The molecule has 8 heteroatoms. The first-order valence-corrected chi connectivity index (χ1v) is 13.1. The van der Waals surface area contributed by atoms with Crippen LogP contribution in [0, 0.1) is 5.82 Å². The molecular weight excluding hydrogens is 425 g/mol. The Balaban J connectivity index is 2.50. The summed E-state index contributed by atoms with van der Waals surface area (Å²) in [6.07, 6.45) is 2.94. The molecule has 0 radical (unpaired) electrons. The minimum absolute atomic E-state index is 0.00581. The molecule has 0 fully saturated rings. The minimum Gasteiger partial charge on any atom is -0.537 e. The maximum absolute atomic E-state index is 13.3. The molecule has 0 spiro atoms. The molecule has 0 aliphatic rings. The Hall–Kier alpha value is -2.74. The predicted molar refractivity (Wildman–Crippen MR) is 128 cm³/mol. The van der Waals surface area contributed by atoms with Gasteiger partial charge < -0.3 is 9.74 Å². The van der Waals surface area contributed by atoms with Crippen molar-refractivity contribution in [2.45, 2.75) is 71.3 Å². The van der Waals surface area contributed by atoms with Gasteiger partial charge in [0.05, 0.1) is 6.33 Å². The van der Waals surface area contributed by atoms with Crippen molar-refractivity contribution in [1.82, 2.24) is 14.9 Å². The van der Waals surface area contributed by atoms with E-state index in [-0.39, 0.29) is 47.0 Å². The summed E-state index contributed by atoms with van der Waals surface area (Å²) in [7, 11) is -2.52. The van der Waals surface area contributed by atoms with Crippen molar-refractivity contribution in [1.29, 1.82) is 0 Å². The molecule has 1 N–H and O–H groups in total. The maximum Gasteiger partial charge on any atom is 0.295 e. The number of hydrogen-bond acceptors (Lipinski definition) is 4. The van der Waals surface area contributed by atoms with Gasteiger partial charge in [-0.25, -0.2) is 9.37 Å². The lowest BCUT2D eigenvalue weighted by Crippen LogP contribution is -2.52. The first-order chi connectivity index (χ1) is 15.0. The van der Waals surface area contributed by atoms with Crippen LogP contribution in [0.5, 0.6) is 5.75 Å². The highest BCUT2D eigenvalue weighted by molar-refractivity contribution is 6.78. The number of aromatic nitrogens is 2. The highest BCUT2D eigenvalue weighted by Crippen LogP contribution is 2.42. The van der Waals surface area contributed by atoms with Crippen molar-refractivity contribution in [3.05, 3.63) is 70.7 Å². The zero-order valence-corrected chi connectivity index (χ0v) is 20.8. The van der Waals surface area contributed by atoms with Crippen LogP contribution in [-0.2, 0) is 13.1 Å². The highest BCUT2D eigenvalue weighted by atomic mass is 28.4. The molecule has 174 valence electrons. The topological polar surface area (TPSA) is 73.2 Å². The second-order valence-electron chi connectivity index (χ2n) is 8.90. The van der Waals surface area contributed by atoms with Gasteiger partial charge in [-0.2, -0.15) is 0 Å². The third-order valence-corrected chi connectivity index (χ3v) is 11.9. The lowest BCUT2D eigenvalue weighted by molar-refractivity contribution is 0.0943. The molecular formula is C24H34FN3O3Si. The zero-order chi connectivity index (χ0) is 24.1. The zero-order valence-electron chi connectivity index (χ0n) is 19.8. The highest BCUT2D eigenvalue weighted by Gasteiger charge is 2.48. The smallest absolute Gasteiger partial charge is 0.295 e. The van der Waals surface area contributed by atoms with Crippen LogP contribution in [0.15, 0.2) is 48.0 Å². The van der Waals surface area contributed by atoms with E-state index in [2.05, 4.69) is 58.4 Å². The molecule has 6 nitrogen and oxygen atoms in total. The average Bonchev–Trinajstić information content (AvgIpc) is 2.73. The van der Waals surface area contributed by atoms with Gasteiger partial charge in [0.25, 0.3) is 19.8 Å².